The van der Waals surface area contributed by atoms with E-state index in [4.69, 9.17) is 4.74 Å². The second-order valence-electron chi connectivity index (χ2n) is 4.03. The highest BCUT2D eigenvalue weighted by molar-refractivity contribution is 4.72. The summed E-state index contributed by atoms with van der Waals surface area (Å²) in [7, 11) is 1.77. The van der Waals surface area contributed by atoms with Gasteiger partial charge in [-0.3, -0.25) is 9.80 Å². The van der Waals surface area contributed by atoms with Crippen LogP contribution in [0.25, 0.3) is 0 Å². The Labute approximate surface area is 121 Å². The van der Waals surface area contributed by atoms with E-state index in [2.05, 4.69) is 22.0 Å². The molecule has 1 saturated heterocycles. The Morgan fingerprint density at radius 3 is 1.79 bits per heavy atom. The molecule has 0 saturated carbocycles. The molecule has 0 bridgehead atoms. The summed E-state index contributed by atoms with van der Waals surface area (Å²) in [5.74, 6) is 0. The first-order valence-corrected chi connectivity index (χ1v) is 8.01. The van der Waals surface area contributed by atoms with Crippen molar-refractivity contribution in [3.63, 3.8) is 0 Å². The lowest BCUT2D eigenvalue weighted by molar-refractivity contribution is 0.0975. The first-order valence-electron chi connectivity index (χ1n) is 8.01. The van der Waals surface area contributed by atoms with Crippen LogP contribution in [0.3, 0.4) is 0 Å². The zero-order chi connectivity index (χ0) is 14.9. The summed E-state index contributed by atoms with van der Waals surface area (Å²) in [4.78, 5) is 5.01. The zero-order valence-corrected chi connectivity index (χ0v) is 14.2. The third-order valence-corrected chi connectivity index (χ3v) is 2.93. The van der Waals surface area contributed by atoms with Crippen molar-refractivity contribution in [1.29, 1.82) is 0 Å². The van der Waals surface area contributed by atoms with Gasteiger partial charge in [0.15, 0.2) is 0 Å². The van der Waals surface area contributed by atoms with Gasteiger partial charge in [-0.2, -0.15) is 0 Å². The van der Waals surface area contributed by atoms with Crippen LogP contribution in [0.4, 0.5) is 0 Å². The van der Waals surface area contributed by atoms with E-state index >= 15 is 0 Å². The van der Waals surface area contributed by atoms with E-state index in [0.717, 1.165) is 26.2 Å². The first kappa shape index (κ1) is 21.1. The first-order chi connectivity index (χ1) is 9.36. The molecule has 0 aromatic rings. The van der Waals surface area contributed by atoms with Crippen LogP contribution >= 0.6 is 0 Å². The van der Waals surface area contributed by atoms with Crippen LogP contribution in [-0.2, 0) is 4.74 Å². The third-order valence-electron chi connectivity index (χ3n) is 2.93. The number of hydrogen-bond donors (Lipinski definition) is 1. The molecule has 0 atom stereocenters. The second kappa shape index (κ2) is 17.8. The van der Waals surface area contributed by atoms with Crippen molar-refractivity contribution < 1.29 is 4.74 Å². The summed E-state index contributed by atoms with van der Waals surface area (Å²) in [6, 6.07) is 0. The fraction of sp³-hybridized carbons (Fsp3) is 1.00. The Bertz CT molecular complexity index is 148. The van der Waals surface area contributed by atoms with Gasteiger partial charge in [-0.05, 0) is 6.54 Å². The Morgan fingerprint density at radius 1 is 0.895 bits per heavy atom. The average Bonchev–Trinajstić information content (AvgIpc) is 2.51. The van der Waals surface area contributed by atoms with Crippen molar-refractivity contribution in [3.05, 3.63) is 0 Å². The maximum absolute atomic E-state index is 5.09. The van der Waals surface area contributed by atoms with E-state index in [-0.39, 0.29) is 0 Å². The highest BCUT2D eigenvalue weighted by Gasteiger charge is 2.15. The number of ether oxygens (including phenoxy) is 1. The number of rotatable bonds is 7. The van der Waals surface area contributed by atoms with E-state index in [1.54, 1.807) is 7.11 Å². The lowest BCUT2D eigenvalue weighted by atomic mass is 10.3. The summed E-state index contributed by atoms with van der Waals surface area (Å²) >= 11 is 0. The number of methoxy groups -OCH3 is 1. The fourth-order valence-electron chi connectivity index (χ4n) is 1.87. The molecule has 0 spiro atoms. The van der Waals surface area contributed by atoms with Gasteiger partial charge in [-0.25, -0.2) is 0 Å². The zero-order valence-electron chi connectivity index (χ0n) is 14.2. The van der Waals surface area contributed by atoms with Gasteiger partial charge in [0.2, 0.25) is 0 Å². The predicted molar refractivity (Wildman–Crippen MR) is 86.0 cm³/mol. The monoisotopic (exact) mass is 275 g/mol. The van der Waals surface area contributed by atoms with E-state index in [1.165, 1.54) is 32.7 Å². The average molecular weight is 275 g/mol. The quantitative estimate of drug-likeness (QED) is 0.718. The van der Waals surface area contributed by atoms with Crippen molar-refractivity contribution >= 4 is 0 Å². The van der Waals surface area contributed by atoms with Gasteiger partial charge in [0.1, 0.15) is 0 Å². The molecule has 118 valence electrons. The molecule has 0 aromatic heterocycles. The lowest BCUT2D eigenvalue weighted by Gasteiger charge is -2.34. The summed E-state index contributed by atoms with van der Waals surface area (Å²) in [5.41, 5.74) is 0. The van der Waals surface area contributed by atoms with Gasteiger partial charge in [0.25, 0.3) is 0 Å². The maximum atomic E-state index is 5.09. The SMILES string of the molecule is CC.CC.CCNCCN1CCN(CCOC)CC1. The number of likely N-dealkylation sites (N-methyl/N-ethyl adjacent to an activating group) is 1. The molecule has 1 rings (SSSR count). The van der Waals surface area contributed by atoms with Gasteiger partial charge in [0, 0.05) is 52.9 Å². The van der Waals surface area contributed by atoms with Crippen molar-refractivity contribution in [1.82, 2.24) is 15.1 Å². The van der Waals surface area contributed by atoms with E-state index in [0.29, 0.717) is 0 Å². The van der Waals surface area contributed by atoms with Crippen LogP contribution in [-0.4, -0.2) is 75.9 Å². The standard InChI is InChI=1S/C11H25N3O.2C2H6/c1-3-12-4-5-13-6-8-14(9-7-13)10-11-15-2;2*1-2/h12H,3-11H2,1-2H3;2*1-2H3. The molecule has 0 aliphatic carbocycles. The molecule has 4 nitrogen and oxygen atoms in total. The molecular weight excluding hydrogens is 238 g/mol. The normalized spacial score (nSPS) is 16.1. The Morgan fingerprint density at radius 2 is 1.37 bits per heavy atom. The molecule has 0 aromatic carbocycles. The minimum Gasteiger partial charge on any atom is -0.383 e. The molecule has 0 amide bonds. The summed E-state index contributed by atoms with van der Waals surface area (Å²) < 4.78 is 5.09. The van der Waals surface area contributed by atoms with E-state index in [1.807, 2.05) is 27.7 Å². The largest absolute Gasteiger partial charge is 0.383 e. The smallest absolute Gasteiger partial charge is 0.0589 e. The molecular formula is C15H37N3O. The Kier molecular flexibility index (Phi) is 19.9. The van der Waals surface area contributed by atoms with Crippen molar-refractivity contribution in [2.24, 2.45) is 0 Å². The molecule has 1 fully saturated rings. The number of nitrogens with one attached hydrogen (secondary N) is 1. The second-order valence-corrected chi connectivity index (χ2v) is 4.03. The minimum atomic E-state index is 0.859. The van der Waals surface area contributed by atoms with Crippen molar-refractivity contribution in [2.45, 2.75) is 34.6 Å². The van der Waals surface area contributed by atoms with Crippen molar-refractivity contribution in [2.75, 3.05) is 66.1 Å². The minimum absolute atomic E-state index is 0.859. The van der Waals surface area contributed by atoms with Crippen LogP contribution in [0.5, 0.6) is 0 Å². The van der Waals surface area contributed by atoms with Gasteiger partial charge >= 0.3 is 0 Å². The van der Waals surface area contributed by atoms with Crippen LogP contribution in [0.2, 0.25) is 0 Å². The maximum Gasteiger partial charge on any atom is 0.0589 e. The molecule has 0 radical (unpaired) electrons. The van der Waals surface area contributed by atoms with Crippen LogP contribution in [0, 0.1) is 0 Å². The Hall–Kier alpha value is -0.160. The van der Waals surface area contributed by atoms with Gasteiger partial charge < -0.3 is 10.1 Å². The molecule has 4 heteroatoms. The highest BCUT2D eigenvalue weighted by atomic mass is 16.5. The number of nitrogens with zero attached hydrogens (tertiary/aromatic N) is 2. The van der Waals surface area contributed by atoms with Gasteiger partial charge in [-0.1, -0.05) is 34.6 Å². The topological polar surface area (TPSA) is 27.7 Å². The van der Waals surface area contributed by atoms with Gasteiger partial charge in [-0.15, -0.1) is 0 Å². The summed E-state index contributed by atoms with van der Waals surface area (Å²) in [6.07, 6.45) is 0. The van der Waals surface area contributed by atoms with E-state index in [9.17, 15) is 0 Å². The summed E-state index contributed by atoms with van der Waals surface area (Å²) in [5, 5.41) is 3.37. The highest BCUT2D eigenvalue weighted by Crippen LogP contribution is 2.00. The molecule has 1 aliphatic heterocycles. The summed E-state index contributed by atoms with van der Waals surface area (Å²) in [6.45, 7) is 20.3. The molecule has 0 unspecified atom stereocenters. The molecule has 19 heavy (non-hydrogen) atoms. The van der Waals surface area contributed by atoms with E-state index < -0.39 is 0 Å². The van der Waals surface area contributed by atoms with Crippen molar-refractivity contribution in [3.8, 4) is 0 Å². The molecule has 1 aliphatic rings. The third kappa shape index (κ3) is 12.6. The van der Waals surface area contributed by atoms with Gasteiger partial charge in [0.05, 0.1) is 6.61 Å². The molecule has 1 heterocycles. The Balaban J connectivity index is 0. The number of piperazine rings is 1. The number of hydrogen-bond acceptors (Lipinski definition) is 4. The predicted octanol–water partition coefficient (Wildman–Crippen LogP) is 1.91. The van der Waals surface area contributed by atoms with Crippen LogP contribution < -0.4 is 5.32 Å². The van der Waals surface area contributed by atoms with Crippen LogP contribution in [0.1, 0.15) is 34.6 Å². The fourth-order valence-corrected chi connectivity index (χ4v) is 1.87. The molecule has 1 N–H and O–H groups in total. The lowest BCUT2D eigenvalue weighted by Crippen LogP contribution is -2.48. The van der Waals surface area contributed by atoms with Crippen LogP contribution in [0.15, 0.2) is 0 Å².